The molecule has 1 N–H and O–H groups in total. The Kier molecular flexibility index (Phi) is 3.34. The standard InChI is InChI=1S/C14H10BrN3O3/c1-21-9-4-2-8(3-5-9)11-6-12(14(19)20)18-13(17-11)10(15)7-16-18/h2-7H,1H3,(H,19,20). The van der Waals surface area contributed by atoms with Gasteiger partial charge in [0.1, 0.15) is 5.75 Å². The normalized spacial score (nSPS) is 10.8. The molecule has 2 aromatic heterocycles. The highest BCUT2D eigenvalue weighted by atomic mass is 79.9. The lowest BCUT2D eigenvalue weighted by Crippen LogP contribution is -2.08. The fourth-order valence-corrected chi connectivity index (χ4v) is 2.35. The molecule has 0 aliphatic carbocycles. The minimum Gasteiger partial charge on any atom is -0.497 e. The maximum absolute atomic E-state index is 11.4. The summed E-state index contributed by atoms with van der Waals surface area (Å²) in [6.45, 7) is 0. The molecule has 0 aliphatic heterocycles. The molecule has 106 valence electrons. The number of aromatic carboxylic acids is 1. The molecule has 6 nitrogen and oxygen atoms in total. The molecule has 21 heavy (non-hydrogen) atoms. The van der Waals surface area contributed by atoms with Gasteiger partial charge in [0.25, 0.3) is 0 Å². The van der Waals surface area contributed by atoms with Crippen molar-refractivity contribution in [3.63, 3.8) is 0 Å². The van der Waals surface area contributed by atoms with E-state index in [1.165, 1.54) is 16.8 Å². The van der Waals surface area contributed by atoms with E-state index in [1.54, 1.807) is 19.2 Å². The monoisotopic (exact) mass is 347 g/mol. The molecule has 0 atom stereocenters. The van der Waals surface area contributed by atoms with Gasteiger partial charge >= 0.3 is 5.97 Å². The van der Waals surface area contributed by atoms with E-state index in [1.807, 2.05) is 12.1 Å². The van der Waals surface area contributed by atoms with Gasteiger partial charge in [-0.05, 0) is 46.3 Å². The van der Waals surface area contributed by atoms with Gasteiger partial charge in [-0.15, -0.1) is 0 Å². The number of ether oxygens (including phenoxy) is 1. The van der Waals surface area contributed by atoms with Crippen LogP contribution in [0.25, 0.3) is 16.9 Å². The Morgan fingerprint density at radius 1 is 1.33 bits per heavy atom. The molecule has 0 saturated heterocycles. The molecule has 0 radical (unpaired) electrons. The zero-order chi connectivity index (χ0) is 15.0. The van der Waals surface area contributed by atoms with Crippen LogP contribution in [-0.2, 0) is 0 Å². The number of fused-ring (bicyclic) bond motifs is 1. The first-order valence-electron chi connectivity index (χ1n) is 6.02. The summed E-state index contributed by atoms with van der Waals surface area (Å²) in [4.78, 5) is 15.8. The lowest BCUT2D eigenvalue weighted by atomic mass is 10.1. The van der Waals surface area contributed by atoms with Crippen LogP contribution in [0.4, 0.5) is 0 Å². The molecule has 0 saturated carbocycles. The lowest BCUT2D eigenvalue weighted by Gasteiger charge is -2.06. The Morgan fingerprint density at radius 3 is 2.67 bits per heavy atom. The number of carbonyl (C=O) groups is 1. The number of benzene rings is 1. The first-order valence-corrected chi connectivity index (χ1v) is 6.81. The molecule has 0 aliphatic rings. The molecule has 0 amide bonds. The number of nitrogens with zero attached hydrogens (tertiary/aromatic N) is 3. The minimum atomic E-state index is -1.06. The fraction of sp³-hybridized carbons (Fsp3) is 0.0714. The number of hydrogen-bond donors (Lipinski definition) is 1. The predicted octanol–water partition coefficient (Wildman–Crippen LogP) is 2.87. The summed E-state index contributed by atoms with van der Waals surface area (Å²) in [5.41, 5.74) is 1.87. The van der Waals surface area contributed by atoms with Gasteiger partial charge in [-0.2, -0.15) is 5.10 Å². The van der Waals surface area contributed by atoms with Crippen LogP contribution in [0.2, 0.25) is 0 Å². The third-order valence-electron chi connectivity index (χ3n) is 3.03. The van der Waals surface area contributed by atoms with E-state index >= 15 is 0 Å². The Bertz CT molecular complexity index is 827. The van der Waals surface area contributed by atoms with E-state index in [-0.39, 0.29) is 5.69 Å². The summed E-state index contributed by atoms with van der Waals surface area (Å²) in [6, 6.07) is 8.75. The van der Waals surface area contributed by atoms with Gasteiger partial charge in [-0.1, -0.05) is 0 Å². The Balaban J connectivity index is 2.22. The average Bonchev–Trinajstić information content (AvgIpc) is 2.88. The van der Waals surface area contributed by atoms with Gasteiger partial charge in [-0.25, -0.2) is 14.3 Å². The van der Waals surface area contributed by atoms with Crippen LogP contribution >= 0.6 is 15.9 Å². The van der Waals surface area contributed by atoms with Crippen LogP contribution in [0.15, 0.2) is 41.0 Å². The average molecular weight is 348 g/mol. The zero-order valence-electron chi connectivity index (χ0n) is 10.9. The second kappa shape index (κ2) is 5.17. The number of halogens is 1. The summed E-state index contributed by atoms with van der Waals surface area (Å²) in [5, 5.41) is 13.3. The van der Waals surface area contributed by atoms with Crippen molar-refractivity contribution in [1.82, 2.24) is 14.6 Å². The number of carboxylic acid groups (broad SMARTS) is 1. The second-order valence-corrected chi connectivity index (χ2v) is 5.14. The number of carboxylic acids is 1. The fourth-order valence-electron chi connectivity index (χ4n) is 2.00. The number of hydrogen-bond acceptors (Lipinski definition) is 4. The number of methoxy groups -OCH3 is 1. The van der Waals surface area contributed by atoms with Crippen molar-refractivity contribution in [2.24, 2.45) is 0 Å². The van der Waals surface area contributed by atoms with Crippen LogP contribution in [-0.4, -0.2) is 32.8 Å². The maximum Gasteiger partial charge on any atom is 0.354 e. The van der Waals surface area contributed by atoms with Crippen LogP contribution < -0.4 is 4.74 Å². The van der Waals surface area contributed by atoms with Crippen molar-refractivity contribution < 1.29 is 14.6 Å². The third-order valence-corrected chi connectivity index (χ3v) is 3.59. The Hall–Kier alpha value is -2.41. The zero-order valence-corrected chi connectivity index (χ0v) is 12.5. The van der Waals surface area contributed by atoms with E-state index in [4.69, 9.17) is 4.74 Å². The van der Waals surface area contributed by atoms with E-state index in [2.05, 4.69) is 26.0 Å². The van der Waals surface area contributed by atoms with E-state index in [0.717, 1.165) is 11.3 Å². The van der Waals surface area contributed by atoms with E-state index < -0.39 is 5.97 Å². The maximum atomic E-state index is 11.4. The summed E-state index contributed by atoms with van der Waals surface area (Å²) in [7, 11) is 1.59. The van der Waals surface area contributed by atoms with E-state index in [0.29, 0.717) is 15.8 Å². The summed E-state index contributed by atoms with van der Waals surface area (Å²) in [5.74, 6) is -0.336. The highest BCUT2D eigenvalue weighted by Crippen LogP contribution is 2.25. The topological polar surface area (TPSA) is 76.7 Å². The highest BCUT2D eigenvalue weighted by Gasteiger charge is 2.15. The SMILES string of the molecule is COc1ccc(-c2cc(C(=O)O)n3ncc(Br)c3n2)cc1. The smallest absolute Gasteiger partial charge is 0.354 e. The molecule has 0 bridgehead atoms. The second-order valence-electron chi connectivity index (χ2n) is 4.29. The molecule has 0 unspecified atom stereocenters. The van der Waals surface area contributed by atoms with Gasteiger partial charge in [0.2, 0.25) is 0 Å². The Morgan fingerprint density at radius 2 is 2.05 bits per heavy atom. The van der Waals surface area contributed by atoms with Crippen molar-refractivity contribution >= 4 is 27.5 Å². The van der Waals surface area contributed by atoms with Gasteiger partial charge in [0.05, 0.1) is 23.5 Å². The first kappa shape index (κ1) is 13.6. The molecule has 7 heteroatoms. The van der Waals surface area contributed by atoms with Gasteiger partial charge in [0, 0.05) is 5.56 Å². The molecule has 3 rings (SSSR count). The summed E-state index contributed by atoms with van der Waals surface area (Å²) in [6.07, 6.45) is 1.52. The molecule has 0 fully saturated rings. The van der Waals surface area contributed by atoms with E-state index in [9.17, 15) is 9.90 Å². The van der Waals surface area contributed by atoms with Crippen molar-refractivity contribution in [3.8, 4) is 17.0 Å². The van der Waals surface area contributed by atoms with Gasteiger partial charge in [0.15, 0.2) is 11.3 Å². The first-order chi connectivity index (χ1) is 10.1. The molecule has 2 heterocycles. The third kappa shape index (κ3) is 2.36. The summed E-state index contributed by atoms with van der Waals surface area (Å²) < 4.78 is 7.04. The van der Waals surface area contributed by atoms with Crippen molar-refractivity contribution in [3.05, 3.63) is 46.7 Å². The van der Waals surface area contributed by atoms with Crippen LogP contribution in [0.5, 0.6) is 5.75 Å². The van der Waals surface area contributed by atoms with Crippen LogP contribution in [0, 0.1) is 0 Å². The quantitative estimate of drug-likeness (QED) is 0.788. The summed E-state index contributed by atoms with van der Waals surface area (Å²) >= 11 is 3.32. The van der Waals surface area contributed by atoms with Crippen molar-refractivity contribution in [2.75, 3.05) is 7.11 Å². The molecular weight excluding hydrogens is 338 g/mol. The highest BCUT2D eigenvalue weighted by molar-refractivity contribution is 9.10. The number of aromatic nitrogens is 3. The van der Waals surface area contributed by atoms with Crippen LogP contribution in [0.3, 0.4) is 0 Å². The van der Waals surface area contributed by atoms with Crippen molar-refractivity contribution in [1.29, 1.82) is 0 Å². The van der Waals surface area contributed by atoms with Gasteiger partial charge in [-0.3, -0.25) is 0 Å². The molecular formula is C14H10BrN3O3. The molecule has 0 spiro atoms. The largest absolute Gasteiger partial charge is 0.497 e. The lowest BCUT2D eigenvalue weighted by molar-refractivity contribution is 0.0687. The molecule has 3 aromatic rings. The Labute approximate surface area is 128 Å². The molecule has 1 aromatic carbocycles. The minimum absolute atomic E-state index is 0.0523. The number of rotatable bonds is 3. The van der Waals surface area contributed by atoms with Crippen molar-refractivity contribution in [2.45, 2.75) is 0 Å². The predicted molar refractivity (Wildman–Crippen MR) is 79.6 cm³/mol. The van der Waals surface area contributed by atoms with Crippen LogP contribution in [0.1, 0.15) is 10.5 Å². The van der Waals surface area contributed by atoms with Gasteiger partial charge < -0.3 is 9.84 Å².